The number of hydrogen-bond donors (Lipinski definition) is 2. The Labute approximate surface area is 192 Å². The second-order valence-corrected chi connectivity index (χ2v) is 8.54. The second-order valence-electron chi connectivity index (χ2n) is 6.27. The van der Waals surface area contributed by atoms with Gasteiger partial charge >= 0.3 is 0 Å². The Morgan fingerprint density at radius 3 is 2.37 bits per heavy atom. The fourth-order valence-corrected chi connectivity index (χ4v) is 4.38. The van der Waals surface area contributed by atoms with Crippen molar-refractivity contribution < 1.29 is 5.11 Å². The molecule has 0 spiro atoms. The van der Waals surface area contributed by atoms with Gasteiger partial charge in [-0.1, -0.05) is 88.6 Å². The van der Waals surface area contributed by atoms with Crippen LogP contribution in [0.5, 0.6) is 5.75 Å². The quantitative estimate of drug-likeness (QED) is 0.231. The van der Waals surface area contributed by atoms with Gasteiger partial charge in [-0.2, -0.15) is 5.10 Å². The summed E-state index contributed by atoms with van der Waals surface area (Å²) in [6, 6.07) is 20.6. The van der Waals surface area contributed by atoms with Gasteiger partial charge < -0.3 is 5.11 Å². The summed E-state index contributed by atoms with van der Waals surface area (Å²) in [6.07, 6.45) is 1.44. The van der Waals surface area contributed by atoms with Crippen LogP contribution in [0.25, 0.3) is 21.7 Å². The molecule has 0 aliphatic carbocycles. The number of rotatable bonds is 5. The third-order valence-electron chi connectivity index (χ3n) is 4.20. The van der Waals surface area contributed by atoms with Gasteiger partial charge in [-0.3, -0.25) is 5.43 Å². The summed E-state index contributed by atoms with van der Waals surface area (Å²) in [5, 5.41) is 16.1. The molecule has 0 amide bonds. The van der Waals surface area contributed by atoms with Crippen LogP contribution in [-0.4, -0.2) is 16.3 Å². The number of aromatic hydroxyl groups is 1. The lowest BCUT2D eigenvalue weighted by Crippen LogP contribution is -1.91. The van der Waals surface area contributed by atoms with Gasteiger partial charge in [0.25, 0.3) is 0 Å². The molecule has 8 heteroatoms. The number of anilines is 1. The number of hydrazone groups is 1. The number of phenols is 1. The molecule has 0 fully saturated rings. The summed E-state index contributed by atoms with van der Waals surface area (Å²) in [6.45, 7) is 0. The Kier molecular flexibility index (Phi) is 6.25. The van der Waals surface area contributed by atoms with Crippen molar-refractivity contribution in [3.05, 3.63) is 87.4 Å². The topological polar surface area (TPSA) is 57.5 Å². The van der Waals surface area contributed by atoms with E-state index in [9.17, 15) is 5.11 Å². The molecule has 1 heterocycles. The minimum absolute atomic E-state index is 0.0856. The fourth-order valence-electron chi connectivity index (χ4n) is 2.80. The Balaban J connectivity index is 1.67. The maximum Gasteiger partial charge on any atom is 0.204 e. The van der Waals surface area contributed by atoms with Crippen LogP contribution in [0, 0.1) is 0 Å². The molecule has 1 aromatic heterocycles. The standard InChI is InChI=1S/C22H14Cl3N3OS/c23-16-8-6-13(7-9-16)19-21(14-4-2-1-3-5-14)30-22(27-19)28-26-12-15-10-17(24)11-18(25)20(15)29/h1-12,29H,(H,27,28)/b26-12-. The average Bonchev–Trinajstić information content (AvgIpc) is 3.17. The van der Waals surface area contributed by atoms with Crippen molar-refractivity contribution in [2.75, 3.05) is 5.43 Å². The van der Waals surface area contributed by atoms with Crippen molar-refractivity contribution in [2.45, 2.75) is 0 Å². The molecule has 0 unspecified atom stereocenters. The van der Waals surface area contributed by atoms with Crippen LogP contribution in [0.1, 0.15) is 5.56 Å². The van der Waals surface area contributed by atoms with Gasteiger partial charge in [0, 0.05) is 21.2 Å². The van der Waals surface area contributed by atoms with Crippen molar-refractivity contribution in [3.8, 4) is 27.4 Å². The first kappa shape index (κ1) is 20.7. The van der Waals surface area contributed by atoms with E-state index in [1.54, 1.807) is 6.07 Å². The highest BCUT2D eigenvalue weighted by atomic mass is 35.5. The van der Waals surface area contributed by atoms with E-state index in [0.29, 0.717) is 20.7 Å². The largest absolute Gasteiger partial charge is 0.506 e. The van der Waals surface area contributed by atoms with Crippen LogP contribution in [0.4, 0.5) is 5.13 Å². The number of hydrogen-bond acceptors (Lipinski definition) is 5. The molecule has 4 rings (SSSR count). The van der Waals surface area contributed by atoms with Gasteiger partial charge in [-0.05, 0) is 29.8 Å². The summed E-state index contributed by atoms with van der Waals surface area (Å²) in [5.74, 6) is -0.0856. The number of halogens is 3. The summed E-state index contributed by atoms with van der Waals surface area (Å²) in [7, 11) is 0. The molecule has 30 heavy (non-hydrogen) atoms. The zero-order valence-corrected chi connectivity index (χ0v) is 18.4. The van der Waals surface area contributed by atoms with Crippen LogP contribution >= 0.6 is 46.1 Å². The fraction of sp³-hybridized carbons (Fsp3) is 0. The molecule has 0 atom stereocenters. The highest BCUT2D eigenvalue weighted by molar-refractivity contribution is 7.19. The first-order valence-electron chi connectivity index (χ1n) is 8.80. The van der Waals surface area contributed by atoms with Gasteiger partial charge in [0.05, 0.1) is 21.8 Å². The Morgan fingerprint density at radius 2 is 1.63 bits per heavy atom. The first-order valence-corrected chi connectivity index (χ1v) is 10.8. The monoisotopic (exact) mass is 473 g/mol. The molecular formula is C22H14Cl3N3OS. The molecule has 3 aromatic carbocycles. The molecule has 0 aliphatic heterocycles. The molecule has 0 aliphatic rings. The highest BCUT2D eigenvalue weighted by Gasteiger charge is 2.15. The number of phenolic OH excluding ortho intramolecular Hbond substituents is 1. The lowest BCUT2D eigenvalue weighted by molar-refractivity contribution is 0.475. The van der Waals surface area contributed by atoms with E-state index in [1.165, 1.54) is 23.6 Å². The maximum absolute atomic E-state index is 10.1. The summed E-state index contributed by atoms with van der Waals surface area (Å²) in [5.41, 5.74) is 6.16. The molecule has 0 bridgehead atoms. The third-order valence-corrected chi connectivity index (χ3v) is 5.97. The normalized spacial score (nSPS) is 11.2. The molecule has 4 nitrogen and oxygen atoms in total. The Morgan fingerprint density at radius 1 is 0.900 bits per heavy atom. The minimum Gasteiger partial charge on any atom is -0.506 e. The van der Waals surface area contributed by atoms with Crippen molar-refractivity contribution in [1.82, 2.24) is 4.98 Å². The first-order chi connectivity index (χ1) is 14.5. The van der Waals surface area contributed by atoms with E-state index in [0.717, 1.165) is 21.7 Å². The van der Waals surface area contributed by atoms with Crippen molar-refractivity contribution in [2.24, 2.45) is 5.10 Å². The molecule has 4 aromatic rings. The van der Waals surface area contributed by atoms with Crippen molar-refractivity contribution >= 4 is 57.5 Å². The predicted molar refractivity (Wildman–Crippen MR) is 127 cm³/mol. The van der Waals surface area contributed by atoms with Crippen LogP contribution in [0.2, 0.25) is 15.1 Å². The smallest absolute Gasteiger partial charge is 0.204 e. The van der Waals surface area contributed by atoms with Crippen molar-refractivity contribution in [3.63, 3.8) is 0 Å². The van der Waals surface area contributed by atoms with Crippen LogP contribution in [-0.2, 0) is 0 Å². The SMILES string of the molecule is Oc1c(Cl)cc(Cl)cc1/C=N\Nc1nc(-c2ccc(Cl)cc2)c(-c2ccccc2)s1. The van der Waals surface area contributed by atoms with Gasteiger partial charge in [-0.15, -0.1) is 0 Å². The van der Waals surface area contributed by atoms with Crippen molar-refractivity contribution in [1.29, 1.82) is 0 Å². The number of benzene rings is 3. The zero-order valence-electron chi connectivity index (χ0n) is 15.3. The van der Waals surface area contributed by atoms with E-state index >= 15 is 0 Å². The lowest BCUT2D eigenvalue weighted by atomic mass is 10.1. The van der Waals surface area contributed by atoms with Gasteiger partial charge in [0.15, 0.2) is 0 Å². The average molecular weight is 475 g/mol. The number of thiazole rings is 1. The number of aromatic nitrogens is 1. The van der Waals surface area contributed by atoms with E-state index in [4.69, 9.17) is 39.8 Å². The van der Waals surface area contributed by atoms with E-state index < -0.39 is 0 Å². The Bertz CT molecular complexity index is 1210. The highest BCUT2D eigenvalue weighted by Crippen LogP contribution is 2.39. The minimum atomic E-state index is -0.0856. The van der Waals surface area contributed by atoms with Crippen LogP contribution in [0.15, 0.2) is 71.8 Å². The maximum atomic E-state index is 10.1. The summed E-state index contributed by atoms with van der Waals surface area (Å²) < 4.78 is 0. The molecule has 2 N–H and O–H groups in total. The summed E-state index contributed by atoms with van der Waals surface area (Å²) >= 11 is 19.4. The third kappa shape index (κ3) is 4.60. The lowest BCUT2D eigenvalue weighted by Gasteiger charge is -2.02. The predicted octanol–water partition coefficient (Wildman–Crippen LogP) is 7.59. The van der Waals surface area contributed by atoms with Crippen LogP contribution in [0.3, 0.4) is 0 Å². The van der Waals surface area contributed by atoms with Gasteiger partial charge in [-0.25, -0.2) is 4.98 Å². The summed E-state index contributed by atoms with van der Waals surface area (Å²) in [4.78, 5) is 5.72. The molecular weight excluding hydrogens is 461 g/mol. The number of nitrogens with one attached hydrogen (secondary N) is 1. The molecule has 150 valence electrons. The molecule has 0 saturated carbocycles. The van der Waals surface area contributed by atoms with E-state index in [2.05, 4.69) is 10.5 Å². The van der Waals surface area contributed by atoms with E-state index in [-0.39, 0.29) is 10.8 Å². The Hall–Kier alpha value is -2.57. The molecule has 0 radical (unpaired) electrons. The van der Waals surface area contributed by atoms with Crippen LogP contribution < -0.4 is 5.43 Å². The second kappa shape index (κ2) is 9.06. The van der Waals surface area contributed by atoms with Gasteiger partial charge in [0.1, 0.15) is 5.75 Å². The zero-order chi connectivity index (χ0) is 21.1. The molecule has 0 saturated heterocycles. The van der Waals surface area contributed by atoms with E-state index in [1.807, 2.05) is 54.6 Å². The van der Waals surface area contributed by atoms with Gasteiger partial charge in [0.2, 0.25) is 5.13 Å². The number of nitrogens with zero attached hydrogens (tertiary/aromatic N) is 2.